The zero-order valence-electron chi connectivity index (χ0n) is 6.65. The third kappa shape index (κ3) is 3.85. The number of hydrogen-bond donors (Lipinski definition) is 0. The Kier molecular flexibility index (Phi) is 4.00. The van der Waals surface area contributed by atoms with E-state index in [1.807, 2.05) is 0 Å². The summed E-state index contributed by atoms with van der Waals surface area (Å²) < 4.78 is 87.2. The Bertz CT molecular complexity index is 238. The fourth-order valence-corrected chi connectivity index (χ4v) is 0.714. The van der Waals surface area contributed by atoms with Crippen molar-refractivity contribution < 1.29 is 39.8 Å². The lowest BCUT2D eigenvalue weighted by Gasteiger charge is -2.19. The standard InChI is InChI=1S/C4H5F6O3P/c1-12-14(10,11)13-2-3(5,6)4(7,8)9/h2H2,1H3. The molecule has 0 spiro atoms. The Morgan fingerprint density at radius 1 is 1.21 bits per heavy atom. The highest BCUT2D eigenvalue weighted by atomic mass is 31.2. The molecule has 0 aromatic carbocycles. The van der Waals surface area contributed by atoms with E-state index in [4.69, 9.17) is 0 Å². The topological polar surface area (TPSA) is 35.5 Å². The third-order valence-electron chi connectivity index (χ3n) is 1.03. The highest BCUT2D eigenvalue weighted by molar-refractivity contribution is 7.48. The Morgan fingerprint density at radius 3 is 1.93 bits per heavy atom. The lowest BCUT2D eigenvalue weighted by atomic mass is 10.3. The molecule has 1 unspecified atom stereocenters. The molecule has 86 valence electrons. The van der Waals surface area contributed by atoms with Crippen LogP contribution in [0.2, 0.25) is 0 Å². The molecule has 0 saturated heterocycles. The summed E-state index contributed by atoms with van der Waals surface area (Å²) in [7, 11) is -4.81. The highest BCUT2D eigenvalue weighted by Crippen LogP contribution is 2.50. The van der Waals surface area contributed by atoms with Gasteiger partial charge in [0.05, 0.1) is 0 Å². The number of alkyl halides is 5. The lowest BCUT2D eigenvalue weighted by Crippen LogP contribution is -2.40. The molecule has 3 nitrogen and oxygen atoms in total. The van der Waals surface area contributed by atoms with E-state index in [0.717, 1.165) is 0 Å². The van der Waals surface area contributed by atoms with Crippen LogP contribution in [0.3, 0.4) is 0 Å². The van der Waals surface area contributed by atoms with E-state index in [2.05, 4.69) is 9.05 Å². The van der Waals surface area contributed by atoms with Crippen molar-refractivity contribution >= 4 is 7.91 Å². The van der Waals surface area contributed by atoms with Crippen LogP contribution in [-0.4, -0.2) is 25.8 Å². The molecule has 1 atom stereocenters. The minimum Gasteiger partial charge on any atom is -0.287 e. The van der Waals surface area contributed by atoms with Gasteiger partial charge in [-0.15, -0.1) is 4.20 Å². The van der Waals surface area contributed by atoms with Gasteiger partial charge in [0.15, 0.2) is 0 Å². The van der Waals surface area contributed by atoms with E-state index >= 15 is 0 Å². The Morgan fingerprint density at radius 2 is 1.64 bits per heavy atom. The number of halogens is 6. The maximum Gasteiger partial charge on any atom is 0.513 e. The highest BCUT2D eigenvalue weighted by Gasteiger charge is 2.58. The SMILES string of the molecule is COP(=O)(F)OCC(F)(F)C(F)(F)F. The first-order valence-electron chi connectivity index (χ1n) is 2.96. The molecule has 0 aliphatic carbocycles. The molecule has 0 saturated carbocycles. The second kappa shape index (κ2) is 4.08. The van der Waals surface area contributed by atoms with Gasteiger partial charge in [0.25, 0.3) is 0 Å². The summed E-state index contributed by atoms with van der Waals surface area (Å²) in [4.78, 5) is 0. The first-order chi connectivity index (χ1) is 6.02. The summed E-state index contributed by atoms with van der Waals surface area (Å²) >= 11 is 0. The monoisotopic (exact) mass is 246 g/mol. The maximum absolute atomic E-state index is 12.1. The average Bonchev–Trinajstić information content (AvgIpc) is 1.99. The van der Waals surface area contributed by atoms with Crippen LogP contribution in [0.1, 0.15) is 0 Å². The van der Waals surface area contributed by atoms with Gasteiger partial charge in [0, 0.05) is 7.11 Å². The molecule has 0 radical (unpaired) electrons. The van der Waals surface area contributed by atoms with Crippen molar-refractivity contribution in [2.75, 3.05) is 13.7 Å². The number of rotatable bonds is 4. The zero-order chi connectivity index (χ0) is 11.6. The van der Waals surface area contributed by atoms with Crippen molar-refractivity contribution in [1.29, 1.82) is 0 Å². The van der Waals surface area contributed by atoms with Crippen molar-refractivity contribution in [3.05, 3.63) is 0 Å². The first kappa shape index (κ1) is 13.7. The molecule has 0 aromatic rings. The first-order valence-corrected chi connectivity index (χ1v) is 4.40. The van der Waals surface area contributed by atoms with Crippen molar-refractivity contribution in [3.63, 3.8) is 0 Å². The Hall–Kier alpha value is -0.270. The van der Waals surface area contributed by atoms with Gasteiger partial charge in [-0.05, 0) is 0 Å². The second-order valence-electron chi connectivity index (χ2n) is 2.09. The Balaban J connectivity index is 4.34. The van der Waals surface area contributed by atoms with E-state index < -0.39 is 26.6 Å². The Labute approximate surface area is 74.6 Å². The van der Waals surface area contributed by atoms with Gasteiger partial charge in [0.1, 0.15) is 6.61 Å². The van der Waals surface area contributed by atoms with Gasteiger partial charge in [0.2, 0.25) is 0 Å². The van der Waals surface area contributed by atoms with Crippen LogP contribution < -0.4 is 0 Å². The molecule has 0 N–H and O–H groups in total. The molecule has 0 aromatic heterocycles. The largest absolute Gasteiger partial charge is 0.513 e. The molecule has 0 amide bonds. The van der Waals surface area contributed by atoms with Gasteiger partial charge >= 0.3 is 20.0 Å². The van der Waals surface area contributed by atoms with E-state index in [9.17, 15) is 30.7 Å². The van der Waals surface area contributed by atoms with Gasteiger partial charge in [-0.2, -0.15) is 22.0 Å². The third-order valence-corrected chi connectivity index (χ3v) is 1.91. The predicted octanol–water partition coefficient (Wildman–Crippen LogP) is 2.92. The zero-order valence-corrected chi connectivity index (χ0v) is 7.54. The molecule has 0 aliphatic rings. The van der Waals surface area contributed by atoms with Crippen molar-refractivity contribution in [2.45, 2.75) is 12.1 Å². The van der Waals surface area contributed by atoms with E-state index in [0.29, 0.717) is 7.11 Å². The van der Waals surface area contributed by atoms with Crippen LogP contribution in [0.5, 0.6) is 0 Å². The van der Waals surface area contributed by atoms with Crippen LogP contribution in [-0.2, 0) is 13.6 Å². The molecule has 0 bridgehead atoms. The smallest absolute Gasteiger partial charge is 0.287 e. The predicted molar refractivity (Wildman–Crippen MR) is 32.7 cm³/mol. The van der Waals surface area contributed by atoms with Gasteiger partial charge in [-0.25, -0.2) is 4.57 Å². The molecule has 0 aliphatic heterocycles. The molecule has 0 rings (SSSR count). The van der Waals surface area contributed by atoms with E-state index in [1.54, 1.807) is 0 Å². The molecule has 0 heterocycles. The van der Waals surface area contributed by atoms with Gasteiger partial charge in [-0.3, -0.25) is 9.05 Å². The quantitative estimate of drug-likeness (QED) is 0.565. The fourth-order valence-electron chi connectivity index (χ4n) is 0.293. The number of hydrogen-bond acceptors (Lipinski definition) is 3. The molecular formula is C4H5F6O3P. The molecule has 0 fully saturated rings. The van der Waals surface area contributed by atoms with Crippen molar-refractivity contribution in [3.8, 4) is 0 Å². The average molecular weight is 246 g/mol. The minimum absolute atomic E-state index is 0.506. The van der Waals surface area contributed by atoms with Crippen LogP contribution in [0, 0.1) is 0 Å². The maximum atomic E-state index is 12.1. The van der Waals surface area contributed by atoms with Crippen molar-refractivity contribution in [2.24, 2.45) is 0 Å². The lowest BCUT2D eigenvalue weighted by molar-refractivity contribution is -0.290. The normalized spacial score (nSPS) is 17.9. The van der Waals surface area contributed by atoms with Crippen LogP contribution >= 0.6 is 7.91 Å². The summed E-state index contributed by atoms with van der Waals surface area (Å²) in [6.45, 7) is -2.39. The minimum atomic E-state index is -5.89. The summed E-state index contributed by atoms with van der Waals surface area (Å²) in [5.74, 6) is -5.27. The summed E-state index contributed by atoms with van der Waals surface area (Å²) in [6, 6.07) is 0. The van der Waals surface area contributed by atoms with Gasteiger partial charge in [-0.1, -0.05) is 0 Å². The van der Waals surface area contributed by atoms with Crippen LogP contribution in [0.25, 0.3) is 0 Å². The van der Waals surface area contributed by atoms with Crippen LogP contribution in [0.4, 0.5) is 26.1 Å². The van der Waals surface area contributed by atoms with E-state index in [1.165, 1.54) is 0 Å². The summed E-state index contributed by atoms with van der Waals surface area (Å²) in [6.07, 6.45) is -5.89. The molecule has 14 heavy (non-hydrogen) atoms. The van der Waals surface area contributed by atoms with E-state index in [-0.39, 0.29) is 0 Å². The van der Waals surface area contributed by atoms with Crippen LogP contribution in [0.15, 0.2) is 0 Å². The summed E-state index contributed by atoms with van der Waals surface area (Å²) in [5.41, 5.74) is 0. The van der Waals surface area contributed by atoms with Crippen molar-refractivity contribution in [1.82, 2.24) is 0 Å². The summed E-state index contributed by atoms with van der Waals surface area (Å²) in [5, 5.41) is 0. The van der Waals surface area contributed by atoms with Gasteiger partial charge < -0.3 is 0 Å². The molecular weight excluding hydrogens is 241 g/mol. The second-order valence-corrected chi connectivity index (χ2v) is 3.57. The fraction of sp³-hybridized carbons (Fsp3) is 1.00. The molecule has 10 heteroatoms.